The summed E-state index contributed by atoms with van der Waals surface area (Å²) < 4.78 is 16.1. The predicted molar refractivity (Wildman–Crippen MR) is 95.7 cm³/mol. The summed E-state index contributed by atoms with van der Waals surface area (Å²) in [6.07, 6.45) is 2.14. The molecule has 2 aromatic carbocycles. The van der Waals surface area contributed by atoms with Crippen molar-refractivity contribution in [1.82, 2.24) is 14.9 Å². The van der Waals surface area contributed by atoms with E-state index in [0.29, 0.717) is 6.04 Å². The van der Waals surface area contributed by atoms with E-state index < -0.39 is 0 Å². The lowest BCUT2D eigenvalue weighted by Gasteiger charge is -2.26. The molecular weight excluding hydrogens is 301 g/mol. The maximum Gasteiger partial charge on any atom is 0.141 e. The fraction of sp³-hybridized carbons (Fsp3) is 0.350. The summed E-state index contributed by atoms with van der Waals surface area (Å²) >= 11 is 0. The molecule has 0 amide bonds. The normalized spacial score (nSPS) is 16.0. The minimum absolute atomic E-state index is 0.219. The Balaban J connectivity index is 1.97. The van der Waals surface area contributed by atoms with Crippen LogP contribution in [0.25, 0.3) is 22.4 Å². The van der Waals surface area contributed by atoms with Gasteiger partial charge in [-0.3, -0.25) is 0 Å². The van der Waals surface area contributed by atoms with Crippen LogP contribution in [0.4, 0.5) is 4.39 Å². The number of hydrogen-bond donors (Lipinski definition) is 1. The first-order valence-electron chi connectivity index (χ1n) is 8.59. The second kappa shape index (κ2) is 6.02. The van der Waals surface area contributed by atoms with E-state index in [4.69, 9.17) is 4.98 Å². The molecule has 1 saturated heterocycles. The smallest absolute Gasteiger partial charge is 0.141 e. The molecule has 1 aliphatic rings. The van der Waals surface area contributed by atoms with Gasteiger partial charge < -0.3 is 9.88 Å². The average Bonchev–Trinajstić information content (AvgIpc) is 2.94. The molecule has 2 heterocycles. The molecule has 4 rings (SSSR count). The SMILES string of the molecule is Cc1cc2nc(-c3cccc(F)c3)n(C3CCNCC3)c2cc1C. The van der Waals surface area contributed by atoms with Crippen molar-refractivity contribution in [2.75, 3.05) is 13.1 Å². The zero-order valence-corrected chi connectivity index (χ0v) is 14.1. The molecule has 0 spiro atoms. The van der Waals surface area contributed by atoms with E-state index in [1.165, 1.54) is 17.2 Å². The van der Waals surface area contributed by atoms with Crippen LogP contribution in [0, 0.1) is 19.7 Å². The molecule has 4 heteroatoms. The second-order valence-corrected chi connectivity index (χ2v) is 6.72. The number of piperidine rings is 1. The second-order valence-electron chi connectivity index (χ2n) is 6.72. The van der Waals surface area contributed by atoms with Crippen molar-refractivity contribution in [2.24, 2.45) is 0 Å². The fourth-order valence-corrected chi connectivity index (χ4v) is 3.62. The summed E-state index contributed by atoms with van der Waals surface area (Å²) in [5.41, 5.74) is 5.51. The highest BCUT2D eigenvalue weighted by Crippen LogP contribution is 2.33. The molecule has 1 fully saturated rings. The van der Waals surface area contributed by atoms with Gasteiger partial charge in [-0.05, 0) is 75.2 Å². The summed E-state index contributed by atoms with van der Waals surface area (Å²) in [7, 11) is 0. The molecule has 3 nitrogen and oxygen atoms in total. The van der Waals surface area contributed by atoms with Gasteiger partial charge in [0.05, 0.1) is 11.0 Å². The zero-order valence-electron chi connectivity index (χ0n) is 14.1. The summed E-state index contributed by atoms with van der Waals surface area (Å²) in [4.78, 5) is 4.88. The minimum atomic E-state index is -0.219. The molecule has 24 heavy (non-hydrogen) atoms. The van der Waals surface area contributed by atoms with Crippen LogP contribution in [0.3, 0.4) is 0 Å². The standard InChI is InChI=1S/C20H22FN3/c1-13-10-18-19(11-14(13)2)24(17-6-8-22-9-7-17)20(23-18)15-4-3-5-16(21)12-15/h3-5,10-12,17,22H,6-9H2,1-2H3. The first-order chi connectivity index (χ1) is 11.6. The van der Waals surface area contributed by atoms with Gasteiger partial charge in [-0.25, -0.2) is 9.37 Å². The van der Waals surface area contributed by atoms with E-state index in [1.807, 2.05) is 6.07 Å². The summed E-state index contributed by atoms with van der Waals surface area (Å²) in [6.45, 7) is 6.27. The van der Waals surface area contributed by atoms with Crippen LogP contribution >= 0.6 is 0 Å². The minimum Gasteiger partial charge on any atom is -0.321 e. The maximum absolute atomic E-state index is 13.8. The average molecular weight is 323 g/mol. The molecule has 1 aromatic heterocycles. The Kier molecular flexibility index (Phi) is 3.85. The van der Waals surface area contributed by atoms with Gasteiger partial charge in [-0.1, -0.05) is 12.1 Å². The fourth-order valence-electron chi connectivity index (χ4n) is 3.62. The third-order valence-electron chi connectivity index (χ3n) is 5.06. The van der Waals surface area contributed by atoms with E-state index in [-0.39, 0.29) is 5.82 Å². The molecule has 0 radical (unpaired) electrons. The molecule has 124 valence electrons. The van der Waals surface area contributed by atoms with Crippen molar-refractivity contribution in [1.29, 1.82) is 0 Å². The molecule has 1 aliphatic heterocycles. The number of nitrogens with zero attached hydrogens (tertiary/aromatic N) is 2. The first kappa shape index (κ1) is 15.3. The van der Waals surface area contributed by atoms with Crippen LogP contribution < -0.4 is 5.32 Å². The van der Waals surface area contributed by atoms with E-state index >= 15 is 0 Å². The number of benzene rings is 2. The Bertz CT molecular complexity index is 891. The van der Waals surface area contributed by atoms with Crippen LogP contribution in [0.2, 0.25) is 0 Å². The Hall–Kier alpha value is -2.20. The van der Waals surface area contributed by atoms with Gasteiger partial charge in [0.1, 0.15) is 11.6 Å². The van der Waals surface area contributed by atoms with Gasteiger partial charge in [-0.15, -0.1) is 0 Å². The van der Waals surface area contributed by atoms with Crippen LogP contribution in [0.5, 0.6) is 0 Å². The third kappa shape index (κ3) is 2.61. The number of aromatic nitrogens is 2. The van der Waals surface area contributed by atoms with Gasteiger partial charge in [0.25, 0.3) is 0 Å². The van der Waals surface area contributed by atoms with Gasteiger partial charge in [0, 0.05) is 11.6 Å². The van der Waals surface area contributed by atoms with Crippen molar-refractivity contribution in [3.05, 3.63) is 53.3 Å². The van der Waals surface area contributed by atoms with Crippen molar-refractivity contribution < 1.29 is 4.39 Å². The molecule has 0 saturated carbocycles. The quantitative estimate of drug-likeness (QED) is 0.758. The highest BCUT2D eigenvalue weighted by atomic mass is 19.1. The zero-order chi connectivity index (χ0) is 16.7. The summed E-state index contributed by atoms with van der Waals surface area (Å²) in [5.74, 6) is 0.658. The Morgan fingerprint density at radius 3 is 2.58 bits per heavy atom. The van der Waals surface area contributed by atoms with Crippen molar-refractivity contribution >= 4 is 11.0 Å². The number of rotatable bonds is 2. The largest absolute Gasteiger partial charge is 0.321 e. The summed E-state index contributed by atoms with van der Waals surface area (Å²) in [6, 6.07) is 11.5. The summed E-state index contributed by atoms with van der Waals surface area (Å²) in [5, 5.41) is 3.42. The number of aryl methyl sites for hydroxylation is 2. The molecular formula is C20H22FN3. The monoisotopic (exact) mass is 323 g/mol. The van der Waals surface area contributed by atoms with E-state index in [1.54, 1.807) is 12.1 Å². The van der Waals surface area contributed by atoms with Crippen molar-refractivity contribution in [3.8, 4) is 11.4 Å². The van der Waals surface area contributed by atoms with Crippen LogP contribution in [-0.2, 0) is 0 Å². The van der Waals surface area contributed by atoms with Crippen LogP contribution in [0.1, 0.15) is 30.0 Å². The Morgan fingerprint density at radius 1 is 1.08 bits per heavy atom. The lowest BCUT2D eigenvalue weighted by Crippen LogP contribution is -2.29. The Morgan fingerprint density at radius 2 is 1.83 bits per heavy atom. The lowest BCUT2D eigenvalue weighted by atomic mass is 10.0. The van der Waals surface area contributed by atoms with Crippen molar-refractivity contribution in [3.63, 3.8) is 0 Å². The highest BCUT2D eigenvalue weighted by Gasteiger charge is 2.22. The number of fused-ring (bicyclic) bond motifs is 1. The maximum atomic E-state index is 13.8. The van der Waals surface area contributed by atoms with Crippen LogP contribution in [-0.4, -0.2) is 22.6 Å². The predicted octanol–water partition coefficient (Wildman–Crippen LogP) is 4.38. The molecule has 0 atom stereocenters. The topological polar surface area (TPSA) is 29.9 Å². The van der Waals surface area contributed by atoms with E-state index in [9.17, 15) is 4.39 Å². The first-order valence-corrected chi connectivity index (χ1v) is 8.59. The molecule has 0 unspecified atom stereocenters. The Labute approximate surface area is 141 Å². The van der Waals surface area contributed by atoms with Crippen molar-refractivity contribution in [2.45, 2.75) is 32.7 Å². The van der Waals surface area contributed by atoms with Crippen LogP contribution in [0.15, 0.2) is 36.4 Å². The number of halogens is 1. The number of imidazole rings is 1. The number of nitrogens with one attached hydrogen (secondary N) is 1. The van der Waals surface area contributed by atoms with Gasteiger partial charge in [-0.2, -0.15) is 0 Å². The highest BCUT2D eigenvalue weighted by molar-refractivity contribution is 5.82. The van der Waals surface area contributed by atoms with E-state index in [2.05, 4.69) is 35.9 Å². The lowest BCUT2D eigenvalue weighted by molar-refractivity contribution is 0.377. The number of hydrogen-bond acceptors (Lipinski definition) is 2. The molecule has 3 aromatic rings. The van der Waals surface area contributed by atoms with E-state index in [0.717, 1.165) is 48.4 Å². The molecule has 1 N–H and O–H groups in total. The molecule has 0 aliphatic carbocycles. The van der Waals surface area contributed by atoms with Gasteiger partial charge in [0.2, 0.25) is 0 Å². The third-order valence-corrected chi connectivity index (χ3v) is 5.06. The van der Waals surface area contributed by atoms with Gasteiger partial charge >= 0.3 is 0 Å². The molecule has 0 bridgehead atoms. The van der Waals surface area contributed by atoms with Gasteiger partial charge in [0.15, 0.2) is 0 Å².